The molecule has 6 nitrogen and oxygen atoms in total. The minimum Gasteiger partial charge on any atom is -0.383 e. The Balaban J connectivity index is 2.35. The van der Waals surface area contributed by atoms with E-state index in [0.29, 0.717) is 0 Å². The molecule has 1 atom stereocenters. The van der Waals surface area contributed by atoms with Crippen molar-refractivity contribution < 1.29 is 0 Å². The number of anilines is 2. The van der Waals surface area contributed by atoms with Gasteiger partial charge in [0.1, 0.15) is 11.5 Å². The first kappa shape index (κ1) is 14.4. The van der Waals surface area contributed by atoms with Crippen molar-refractivity contribution in [3.63, 3.8) is 0 Å². The van der Waals surface area contributed by atoms with Gasteiger partial charge < -0.3 is 11.1 Å². The Hall–Kier alpha value is -2.02. The van der Waals surface area contributed by atoms with E-state index in [4.69, 9.17) is 5.73 Å². The van der Waals surface area contributed by atoms with Crippen molar-refractivity contribution in [2.45, 2.75) is 13.0 Å². The van der Waals surface area contributed by atoms with Gasteiger partial charge >= 0.3 is 5.69 Å². The average Bonchev–Trinajstić information content (AvgIpc) is 2.42. The van der Waals surface area contributed by atoms with Crippen molar-refractivity contribution >= 4 is 27.4 Å². The first-order valence-corrected chi connectivity index (χ1v) is 6.80. The summed E-state index contributed by atoms with van der Waals surface area (Å²) in [5, 5.41) is 3.04. The minimum absolute atomic E-state index is 0.114. The Morgan fingerprint density at radius 3 is 2.50 bits per heavy atom. The molecule has 2 aromatic rings. The summed E-state index contributed by atoms with van der Waals surface area (Å²) in [6.45, 7) is 1.91. The predicted octanol–water partition coefficient (Wildman–Crippen LogP) is 1.59. The van der Waals surface area contributed by atoms with E-state index in [1.54, 1.807) is 0 Å². The molecule has 1 aromatic heterocycles. The molecule has 2 rings (SSSR count). The maximum atomic E-state index is 11.8. The lowest BCUT2D eigenvalue weighted by molar-refractivity contribution is 0.801. The van der Waals surface area contributed by atoms with Crippen LogP contribution in [0.1, 0.15) is 18.5 Å². The number of hydrogen-bond acceptors (Lipinski definition) is 4. The zero-order valence-electron chi connectivity index (χ0n) is 11.1. The van der Waals surface area contributed by atoms with Crippen molar-refractivity contribution in [1.29, 1.82) is 0 Å². The summed E-state index contributed by atoms with van der Waals surface area (Å²) >= 11 is 3.37. The maximum absolute atomic E-state index is 11.8. The molecule has 1 aromatic carbocycles. The first-order valence-electron chi connectivity index (χ1n) is 6.01. The van der Waals surface area contributed by atoms with E-state index in [2.05, 4.69) is 26.2 Å². The molecule has 0 aliphatic rings. The molecule has 0 saturated heterocycles. The molecule has 7 heteroatoms. The molecule has 0 aliphatic heterocycles. The number of benzene rings is 1. The number of nitrogen functional groups attached to an aromatic ring is 1. The Morgan fingerprint density at radius 1 is 1.30 bits per heavy atom. The van der Waals surface area contributed by atoms with E-state index in [9.17, 15) is 9.59 Å². The van der Waals surface area contributed by atoms with Gasteiger partial charge in [0.15, 0.2) is 0 Å². The van der Waals surface area contributed by atoms with E-state index in [-0.39, 0.29) is 17.5 Å². The summed E-state index contributed by atoms with van der Waals surface area (Å²) in [5.74, 6) is 0.114. The van der Waals surface area contributed by atoms with Gasteiger partial charge in [0, 0.05) is 17.6 Å². The number of hydrogen-bond donors (Lipinski definition) is 3. The van der Waals surface area contributed by atoms with Crippen molar-refractivity contribution in [1.82, 2.24) is 9.55 Å². The van der Waals surface area contributed by atoms with Crippen LogP contribution in [0.2, 0.25) is 0 Å². The van der Waals surface area contributed by atoms with Gasteiger partial charge in [0.2, 0.25) is 0 Å². The largest absolute Gasteiger partial charge is 0.383 e. The SMILES string of the molecule is CC(Nc1c(N)n(C)c(=O)[nH]c1=O)c1ccc(Br)cc1. The summed E-state index contributed by atoms with van der Waals surface area (Å²) in [7, 11) is 1.50. The lowest BCUT2D eigenvalue weighted by Gasteiger charge is -2.17. The third-order valence-corrected chi connectivity index (χ3v) is 3.63. The zero-order chi connectivity index (χ0) is 14.9. The number of aromatic nitrogens is 2. The van der Waals surface area contributed by atoms with Crippen LogP contribution >= 0.6 is 15.9 Å². The zero-order valence-corrected chi connectivity index (χ0v) is 12.7. The molecule has 1 heterocycles. The molecule has 1 unspecified atom stereocenters. The molecule has 0 bridgehead atoms. The van der Waals surface area contributed by atoms with Crippen LogP contribution in [0.4, 0.5) is 11.5 Å². The van der Waals surface area contributed by atoms with E-state index < -0.39 is 11.2 Å². The summed E-state index contributed by atoms with van der Waals surface area (Å²) in [4.78, 5) is 25.4. The topological polar surface area (TPSA) is 92.9 Å². The number of nitrogens with one attached hydrogen (secondary N) is 2. The van der Waals surface area contributed by atoms with E-state index in [0.717, 1.165) is 10.0 Å². The van der Waals surface area contributed by atoms with Crippen molar-refractivity contribution in [2.24, 2.45) is 7.05 Å². The molecule has 0 spiro atoms. The third-order valence-electron chi connectivity index (χ3n) is 3.10. The van der Waals surface area contributed by atoms with Crippen LogP contribution in [0.15, 0.2) is 38.3 Å². The van der Waals surface area contributed by atoms with Gasteiger partial charge in [0.25, 0.3) is 5.56 Å². The highest BCUT2D eigenvalue weighted by Gasteiger charge is 2.13. The monoisotopic (exact) mass is 338 g/mol. The lowest BCUT2D eigenvalue weighted by atomic mass is 10.1. The van der Waals surface area contributed by atoms with Crippen LogP contribution in [0.25, 0.3) is 0 Å². The van der Waals surface area contributed by atoms with Gasteiger partial charge in [-0.25, -0.2) is 4.79 Å². The van der Waals surface area contributed by atoms with Gasteiger partial charge in [-0.3, -0.25) is 14.3 Å². The fourth-order valence-corrected chi connectivity index (χ4v) is 2.09. The van der Waals surface area contributed by atoms with Gasteiger partial charge in [0.05, 0.1) is 0 Å². The molecule has 0 saturated carbocycles. The molecule has 0 fully saturated rings. The van der Waals surface area contributed by atoms with Gasteiger partial charge in [-0.1, -0.05) is 28.1 Å². The molecule has 0 aliphatic carbocycles. The van der Waals surface area contributed by atoms with Gasteiger partial charge in [-0.15, -0.1) is 0 Å². The lowest BCUT2D eigenvalue weighted by Crippen LogP contribution is -2.32. The molecule has 0 amide bonds. The number of nitrogens with zero attached hydrogens (tertiary/aromatic N) is 1. The molecule has 4 N–H and O–H groups in total. The van der Waals surface area contributed by atoms with Crippen LogP contribution in [0.3, 0.4) is 0 Å². The van der Waals surface area contributed by atoms with Crippen LogP contribution in [-0.2, 0) is 7.05 Å². The maximum Gasteiger partial charge on any atom is 0.329 e. The highest BCUT2D eigenvalue weighted by molar-refractivity contribution is 9.10. The highest BCUT2D eigenvalue weighted by Crippen LogP contribution is 2.21. The molecule has 0 radical (unpaired) electrons. The van der Waals surface area contributed by atoms with E-state index in [1.807, 2.05) is 31.2 Å². The van der Waals surface area contributed by atoms with Crippen LogP contribution in [0.5, 0.6) is 0 Å². The number of rotatable bonds is 3. The molecular formula is C13H15BrN4O2. The fourth-order valence-electron chi connectivity index (χ4n) is 1.83. The normalized spacial score (nSPS) is 12.2. The van der Waals surface area contributed by atoms with Crippen molar-refractivity contribution in [3.05, 3.63) is 55.1 Å². The summed E-state index contributed by atoms with van der Waals surface area (Å²) in [6, 6.07) is 7.59. The van der Waals surface area contributed by atoms with Gasteiger partial charge in [-0.2, -0.15) is 0 Å². The number of H-pyrrole nitrogens is 1. The highest BCUT2D eigenvalue weighted by atomic mass is 79.9. The molecule has 20 heavy (non-hydrogen) atoms. The standard InChI is InChI=1S/C13H15BrN4O2/c1-7(8-3-5-9(14)6-4-8)16-10-11(15)18(2)13(20)17-12(10)19/h3-7,16H,15H2,1-2H3,(H,17,19,20). The average molecular weight is 339 g/mol. The third kappa shape index (κ3) is 2.77. The quantitative estimate of drug-likeness (QED) is 0.792. The van der Waals surface area contributed by atoms with E-state index >= 15 is 0 Å². The Labute approximate surface area is 123 Å². The number of nitrogens with two attached hydrogens (primary N) is 1. The van der Waals surface area contributed by atoms with Crippen LogP contribution < -0.4 is 22.3 Å². The second-order valence-electron chi connectivity index (χ2n) is 4.50. The predicted molar refractivity (Wildman–Crippen MR) is 82.9 cm³/mol. The number of aromatic amines is 1. The summed E-state index contributed by atoms with van der Waals surface area (Å²) in [5.41, 5.74) is 5.95. The van der Waals surface area contributed by atoms with Crippen molar-refractivity contribution in [3.8, 4) is 0 Å². The Bertz CT molecular complexity index is 734. The molecule has 106 valence electrons. The van der Waals surface area contributed by atoms with Crippen LogP contribution in [-0.4, -0.2) is 9.55 Å². The number of halogens is 1. The smallest absolute Gasteiger partial charge is 0.329 e. The van der Waals surface area contributed by atoms with Crippen molar-refractivity contribution in [2.75, 3.05) is 11.1 Å². The summed E-state index contributed by atoms with van der Waals surface area (Å²) in [6.07, 6.45) is 0. The fraction of sp³-hybridized carbons (Fsp3) is 0.231. The van der Waals surface area contributed by atoms with E-state index in [1.165, 1.54) is 11.6 Å². The second-order valence-corrected chi connectivity index (χ2v) is 5.41. The first-order chi connectivity index (χ1) is 9.40. The summed E-state index contributed by atoms with van der Waals surface area (Å²) < 4.78 is 2.17. The minimum atomic E-state index is -0.533. The Morgan fingerprint density at radius 2 is 1.90 bits per heavy atom. The Kier molecular flexibility index (Phi) is 3.99. The second kappa shape index (κ2) is 5.54. The van der Waals surface area contributed by atoms with Gasteiger partial charge in [-0.05, 0) is 24.6 Å². The molecular weight excluding hydrogens is 324 g/mol. The van der Waals surface area contributed by atoms with Crippen LogP contribution in [0, 0.1) is 0 Å².